The van der Waals surface area contributed by atoms with Gasteiger partial charge >= 0.3 is 0 Å². The van der Waals surface area contributed by atoms with Gasteiger partial charge in [0.15, 0.2) is 0 Å². The van der Waals surface area contributed by atoms with E-state index in [2.05, 4.69) is 63.9 Å². The van der Waals surface area contributed by atoms with Crippen LogP contribution in [-0.2, 0) is 5.41 Å². The van der Waals surface area contributed by atoms with Gasteiger partial charge in [0.05, 0.1) is 0 Å². The zero-order valence-electron chi connectivity index (χ0n) is 14.1. The molecule has 1 heterocycles. The Morgan fingerprint density at radius 1 is 1.15 bits per heavy atom. The summed E-state index contributed by atoms with van der Waals surface area (Å²) in [5.74, 6) is 8.04. The number of hydrazine groups is 1. The van der Waals surface area contributed by atoms with Crippen LogP contribution in [0.5, 0.6) is 0 Å². The van der Waals surface area contributed by atoms with E-state index in [1.54, 1.807) is 0 Å². The molecule has 0 amide bonds. The average Bonchev–Trinajstić information content (AvgIpc) is 2.36. The van der Waals surface area contributed by atoms with Crippen molar-refractivity contribution in [1.82, 2.24) is 9.97 Å². The largest absolute Gasteiger partial charge is 0.354 e. The monoisotopic (exact) mass is 279 g/mol. The van der Waals surface area contributed by atoms with Crippen LogP contribution < -0.4 is 16.2 Å². The molecule has 0 radical (unpaired) electrons. The van der Waals surface area contributed by atoms with Gasteiger partial charge in [0.2, 0.25) is 0 Å². The zero-order valence-corrected chi connectivity index (χ0v) is 14.1. The number of rotatable bonds is 4. The van der Waals surface area contributed by atoms with Gasteiger partial charge in [-0.25, -0.2) is 15.8 Å². The summed E-state index contributed by atoms with van der Waals surface area (Å²) in [6.07, 6.45) is 1.03. The fourth-order valence-corrected chi connectivity index (χ4v) is 1.83. The molecule has 1 rings (SSSR count). The van der Waals surface area contributed by atoms with Crippen molar-refractivity contribution in [2.75, 3.05) is 17.4 Å². The minimum atomic E-state index is -0.120. The van der Waals surface area contributed by atoms with E-state index in [1.807, 2.05) is 6.92 Å². The number of anilines is 2. The van der Waals surface area contributed by atoms with Gasteiger partial charge in [-0.3, -0.25) is 0 Å². The van der Waals surface area contributed by atoms with Crippen molar-refractivity contribution in [3.63, 3.8) is 0 Å². The Balaban J connectivity index is 3.46. The maximum atomic E-state index is 5.61. The fourth-order valence-electron chi connectivity index (χ4n) is 1.83. The summed E-state index contributed by atoms with van der Waals surface area (Å²) in [4.78, 5) is 11.5. The van der Waals surface area contributed by atoms with Crippen molar-refractivity contribution >= 4 is 11.6 Å². The third kappa shape index (κ3) is 3.20. The van der Waals surface area contributed by atoms with E-state index in [-0.39, 0.29) is 11.0 Å². The Morgan fingerprint density at radius 2 is 1.70 bits per heavy atom. The van der Waals surface area contributed by atoms with Crippen LogP contribution in [0.15, 0.2) is 0 Å². The molecule has 0 aliphatic rings. The van der Waals surface area contributed by atoms with Crippen molar-refractivity contribution in [2.24, 2.45) is 5.84 Å². The summed E-state index contributed by atoms with van der Waals surface area (Å²) in [6, 6.07) is 0. The second-order valence-corrected chi connectivity index (χ2v) is 6.96. The number of nitrogens with one attached hydrogen (secondary N) is 1. The van der Waals surface area contributed by atoms with Crippen LogP contribution in [0.25, 0.3) is 0 Å². The smallest absolute Gasteiger partial charge is 0.148 e. The third-order valence-electron chi connectivity index (χ3n) is 4.02. The van der Waals surface area contributed by atoms with Crippen LogP contribution >= 0.6 is 0 Å². The molecule has 5 nitrogen and oxygen atoms in total. The summed E-state index contributed by atoms with van der Waals surface area (Å²) in [5.41, 5.74) is 3.58. The Kier molecular flexibility index (Phi) is 4.64. The topological polar surface area (TPSA) is 67.1 Å². The minimum Gasteiger partial charge on any atom is -0.354 e. The van der Waals surface area contributed by atoms with Crippen molar-refractivity contribution in [3.05, 3.63) is 11.4 Å². The highest BCUT2D eigenvalue weighted by Gasteiger charge is 2.27. The first kappa shape index (κ1) is 16.7. The fraction of sp³-hybridized carbons (Fsp3) is 0.733. The SMILES string of the molecule is CCC(C)(C)N(C)c1nc(C(C)(C)C)nc(NN)c1C. The molecule has 0 spiro atoms. The van der Waals surface area contributed by atoms with E-state index in [9.17, 15) is 0 Å². The number of nitrogen functional groups attached to an aromatic ring is 1. The average molecular weight is 279 g/mol. The normalized spacial score (nSPS) is 12.4. The molecule has 114 valence electrons. The molecule has 0 saturated carbocycles. The first-order valence-electron chi connectivity index (χ1n) is 7.14. The van der Waals surface area contributed by atoms with Crippen LogP contribution in [0.2, 0.25) is 0 Å². The Bertz CT molecular complexity index is 474. The molecule has 0 aromatic carbocycles. The molecule has 0 bridgehead atoms. The van der Waals surface area contributed by atoms with Gasteiger partial charge in [-0.05, 0) is 27.2 Å². The predicted octanol–water partition coefficient (Wildman–Crippen LogP) is 2.99. The van der Waals surface area contributed by atoms with E-state index in [0.717, 1.165) is 23.6 Å². The van der Waals surface area contributed by atoms with Gasteiger partial charge in [-0.15, -0.1) is 0 Å². The van der Waals surface area contributed by atoms with Gasteiger partial charge in [-0.1, -0.05) is 27.7 Å². The second kappa shape index (κ2) is 5.56. The molecule has 0 aliphatic heterocycles. The van der Waals surface area contributed by atoms with Gasteiger partial charge in [0, 0.05) is 23.6 Å². The van der Waals surface area contributed by atoms with E-state index in [0.29, 0.717) is 5.82 Å². The molecule has 1 aromatic rings. The van der Waals surface area contributed by atoms with Gasteiger partial charge in [0.25, 0.3) is 0 Å². The zero-order chi connectivity index (χ0) is 15.7. The summed E-state index contributed by atoms with van der Waals surface area (Å²) < 4.78 is 0. The Labute approximate surface area is 123 Å². The van der Waals surface area contributed by atoms with Crippen LogP contribution in [0, 0.1) is 6.92 Å². The van der Waals surface area contributed by atoms with E-state index >= 15 is 0 Å². The number of hydrogen-bond donors (Lipinski definition) is 2. The van der Waals surface area contributed by atoms with E-state index in [4.69, 9.17) is 10.8 Å². The quantitative estimate of drug-likeness (QED) is 0.655. The number of hydrogen-bond acceptors (Lipinski definition) is 5. The van der Waals surface area contributed by atoms with Gasteiger partial charge in [-0.2, -0.15) is 0 Å². The molecule has 20 heavy (non-hydrogen) atoms. The lowest BCUT2D eigenvalue weighted by molar-refractivity contribution is 0.462. The molecule has 5 heteroatoms. The lowest BCUT2D eigenvalue weighted by Crippen LogP contribution is -2.42. The highest BCUT2D eigenvalue weighted by molar-refractivity contribution is 5.59. The van der Waals surface area contributed by atoms with Crippen molar-refractivity contribution < 1.29 is 0 Å². The Morgan fingerprint density at radius 3 is 2.10 bits per heavy atom. The Hall–Kier alpha value is -1.36. The predicted molar refractivity (Wildman–Crippen MR) is 86.1 cm³/mol. The molecule has 0 fully saturated rings. The summed E-state index contributed by atoms with van der Waals surface area (Å²) in [5, 5.41) is 0. The molecule has 3 N–H and O–H groups in total. The van der Waals surface area contributed by atoms with Crippen LogP contribution in [0.3, 0.4) is 0 Å². The first-order valence-corrected chi connectivity index (χ1v) is 7.14. The molecule has 0 aliphatic carbocycles. The maximum Gasteiger partial charge on any atom is 0.148 e. The molecule has 0 atom stereocenters. The highest BCUT2D eigenvalue weighted by atomic mass is 15.3. The summed E-state index contributed by atoms with van der Waals surface area (Å²) in [6.45, 7) is 14.9. The van der Waals surface area contributed by atoms with E-state index in [1.165, 1.54) is 0 Å². The van der Waals surface area contributed by atoms with Crippen molar-refractivity contribution in [3.8, 4) is 0 Å². The highest BCUT2D eigenvalue weighted by Crippen LogP contribution is 2.31. The standard InChI is InChI=1S/C15H29N5/c1-9-15(6,7)20(8)12-10(2)11(19-16)17-13(18-12)14(3,4)5/h9,16H2,1-8H3,(H,17,18,19). The van der Waals surface area contributed by atoms with Crippen molar-refractivity contribution in [1.29, 1.82) is 0 Å². The number of nitrogens with zero attached hydrogens (tertiary/aromatic N) is 3. The minimum absolute atomic E-state index is 0.0279. The summed E-state index contributed by atoms with van der Waals surface area (Å²) in [7, 11) is 2.07. The van der Waals surface area contributed by atoms with Gasteiger partial charge < -0.3 is 10.3 Å². The second-order valence-electron chi connectivity index (χ2n) is 6.96. The maximum absolute atomic E-state index is 5.61. The molecule has 0 saturated heterocycles. The van der Waals surface area contributed by atoms with Crippen molar-refractivity contribution in [2.45, 2.75) is 65.8 Å². The number of nitrogens with two attached hydrogens (primary N) is 1. The lowest BCUT2D eigenvalue weighted by Gasteiger charge is -2.37. The summed E-state index contributed by atoms with van der Waals surface area (Å²) >= 11 is 0. The van der Waals surface area contributed by atoms with Crippen LogP contribution in [0.1, 0.15) is 59.4 Å². The van der Waals surface area contributed by atoms with Crippen LogP contribution in [0.4, 0.5) is 11.6 Å². The van der Waals surface area contributed by atoms with E-state index < -0.39 is 0 Å². The first-order chi connectivity index (χ1) is 9.04. The third-order valence-corrected chi connectivity index (χ3v) is 4.02. The lowest BCUT2D eigenvalue weighted by atomic mass is 9.95. The molecule has 0 unspecified atom stereocenters. The molecular weight excluding hydrogens is 250 g/mol. The number of aromatic nitrogens is 2. The molecule has 1 aromatic heterocycles. The van der Waals surface area contributed by atoms with Crippen LogP contribution in [-0.4, -0.2) is 22.6 Å². The van der Waals surface area contributed by atoms with Gasteiger partial charge in [0.1, 0.15) is 17.5 Å². The molecular formula is C15H29N5.